The summed E-state index contributed by atoms with van der Waals surface area (Å²) in [4.78, 5) is 38.7. The third-order valence-electron chi connectivity index (χ3n) is 5.12. The van der Waals surface area contributed by atoms with Crippen LogP contribution < -0.4 is 5.32 Å². The molecule has 1 amide bonds. The summed E-state index contributed by atoms with van der Waals surface area (Å²) in [6.45, 7) is 3.03. The summed E-state index contributed by atoms with van der Waals surface area (Å²) in [6.07, 6.45) is 2.79. The van der Waals surface area contributed by atoms with Crippen LogP contribution in [-0.2, 0) is 14.3 Å². The van der Waals surface area contributed by atoms with Gasteiger partial charge in [-0.25, -0.2) is 23.8 Å². The smallest absolute Gasteiger partial charge is 0.413 e. The summed E-state index contributed by atoms with van der Waals surface area (Å²) in [6, 6.07) is 6.13. The number of amides is 1. The highest BCUT2D eigenvalue weighted by Crippen LogP contribution is 2.33. The number of nitrogens with zero attached hydrogens (tertiary/aromatic N) is 2. The second kappa shape index (κ2) is 10.8. The van der Waals surface area contributed by atoms with E-state index >= 15 is 0 Å². The minimum atomic E-state index is -1.26. The Bertz CT molecular complexity index is 970. The van der Waals surface area contributed by atoms with Crippen molar-refractivity contribution in [2.45, 2.75) is 18.9 Å². The molecule has 3 N–H and O–H groups in total. The van der Waals surface area contributed by atoms with E-state index in [4.69, 9.17) is 14.9 Å². The number of benzene rings is 1. The number of rotatable bonds is 5. The normalized spacial score (nSPS) is 21.5. The standard InChI is InChI=1S/C17H18FN3O2S.C4H4O4/c18-13-3-1-12(2-4-13)15-16(19-10-24-15)20-17(22)23-14-9-21-7-5-11(14)6-8-21;5-3(6)1-2-4(7)8/h1-4,10-11,14H,5-9H2,(H,20,22);1-2H,(H,5,6)(H,7,8)/b;2-1+/t14-;/m0./s1. The molecule has 2 aromatic rings. The van der Waals surface area contributed by atoms with E-state index in [0.717, 1.165) is 42.9 Å². The Morgan fingerprint density at radius 3 is 2.28 bits per heavy atom. The quantitative estimate of drug-likeness (QED) is 0.576. The highest BCUT2D eigenvalue weighted by atomic mass is 32.1. The van der Waals surface area contributed by atoms with Gasteiger partial charge in [0.1, 0.15) is 11.9 Å². The van der Waals surface area contributed by atoms with E-state index in [9.17, 15) is 18.8 Å². The maximum absolute atomic E-state index is 13.1. The van der Waals surface area contributed by atoms with Crippen molar-refractivity contribution < 1.29 is 33.7 Å². The van der Waals surface area contributed by atoms with E-state index in [0.29, 0.717) is 23.9 Å². The molecule has 0 spiro atoms. The van der Waals surface area contributed by atoms with Gasteiger partial charge in [0.25, 0.3) is 0 Å². The fraction of sp³-hybridized carbons (Fsp3) is 0.333. The average molecular weight is 463 g/mol. The molecule has 9 nitrogen and oxygen atoms in total. The molecule has 32 heavy (non-hydrogen) atoms. The third kappa shape index (κ3) is 6.59. The first-order valence-corrected chi connectivity index (χ1v) is 10.7. The summed E-state index contributed by atoms with van der Waals surface area (Å²) >= 11 is 1.40. The zero-order valence-corrected chi connectivity index (χ0v) is 17.8. The molecule has 1 aromatic heterocycles. The molecule has 1 aromatic carbocycles. The number of thiazole rings is 1. The van der Waals surface area contributed by atoms with Gasteiger partial charge in [0.05, 0.1) is 10.4 Å². The van der Waals surface area contributed by atoms with Gasteiger partial charge in [0.2, 0.25) is 0 Å². The van der Waals surface area contributed by atoms with Crippen molar-refractivity contribution >= 4 is 35.2 Å². The van der Waals surface area contributed by atoms with Crippen LogP contribution in [0.5, 0.6) is 0 Å². The van der Waals surface area contributed by atoms with Gasteiger partial charge in [-0.3, -0.25) is 10.2 Å². The van der Waals surface area contributed by atoms with E-state index in [1.165, 1.54) is 23.5 Å². The zero-order chi connectivity index (χ0) is 23.1. The Labute approximate surface area is 187 Å². The van der Waals surface area contributed by atoms with E-state index in [2.05, 4.69) is 15.2 Å². The zero-order valence-electron chi connectivity index (χ0n) is 16.9. The monoisotopic (exact) mass is 463 g/mol. The van der Waals surface area contributed by atoms with E-state index in [1.54, 1.807) is 17.6 Å². The Morgan fingerprint density at radius 2 is 1.75 bits per heavy atom. The number of hydrogen-bond acceptors (Lipinski definition) is 7. The lowest BCUT2D eigenvalue weighted by Crippen LogP contribution is -2.52. The first-order chi connectivity index (χ1) is 15.3. The van der Waals surface area contributed by atoms with Gasteiger partial charge in [-0.2, -0.15) is 0 Å². The molecule has 3 aliphatic heterocycles. The van der Waals surface area contributed by atoms with Crippen molar-refractivity contribution in [1.82, 2.24) is 9.88 Å². The average Bonchev–Trinajstić information content (AvgIpc) is 3.22. The Morgan fingerprint density at radius 1 is 1.12 bits per heavy atom. The van der Waals surface area contributed by atoms with Crippen molar-refractivity contribution in [3.63, 3.8) is 0 Å². The molecule has 170 valence electrons. The lowest BCUT2D eigenvalue weighted by Gasteiger charge is -2.43. The third-order valence-corrected chi connectivity index (χ3v) is 5.99. The topological polar surface area (TPSA) is 129 Å². The summed E-state index contributed by atoms with van der Waals surface area (Å²) in [7, 11) is 0. The molecular formula is C21H22FN3O6S. The molecule has 3 fully saturated rings. The molecule has 3 saturated heterocycles. The number of fused-ring (bicyclic) bond motifs is 3. The van der Waals surface area contributed by atoms with Crippen LogP contribution in [-0.4, -0.2) is 63.9 Å². The van der Waals surface area contributed by atoms with Crippen LogP contribution in [0.4, 0.5) is 15.0 Å². The van der Waals surface area contributed by atoms with Crippen LogP contribution in [0.1, 0.15) is 12.8 Å². The number of ether oxygens (including phenoxy) is 1. The largest absolute Gasteiger partial charge is 0.478 e. The van der Waals surface area contributed by atoms with Gasteiger partial charge in [-0.15, -0.1) is 11.3 Å². The number of piperidine rings is 3. The van der Waals surface area contributed by atoms with Crippen LogP contribution in [0.2, 0.25) is 0 Å². The Kier molecular flexibility index (Phi) is 7.90. The van der Waals surface area contributed by atoms with Crippen molar-refractivity contribution in [3.8, 4) is 10.4 Å². The van der Waals surface area contributed by atoms with Gasteiger partial charge in [-0.05, 0) is 49.5 Å². The fourth-order valence-electron chi connectivity index (χ4n) is 3.59. The molecule has 0 aliphatic carbocycles. The van der Waals surface area contributed by atoms with Crippen LogP contribution >= 0.6 is 11.3 Å². The molecular weight excluding hydrogens is 441 g/mol. The number of aromatic nitrogens is 1. The van der Waals surface area contributed by atoms with E-state index in [-0.39, 0.29) is 11.9 Å². The second-order valence-electron chi connectivity index (χ2n) is 7.25. The summed E-state index contributed by atoms with van der Waals surface area (Å²) in [5.41, 5.74) is 2.47. The van der Waals surface area contributed by atoms with Gasteiger partial charge in [-0.1, -0.05) is 12.1 Å². The maximum atomic E-state index is 13.1. The molecule has 5 rings (SSSR count). The molecule has 2 bridgehead atoms. The van der Waals surface area contributed by atoms with Crippen molar-refractivity contribution in [1.29, 1.82) is 0 Å². The number of carbonyl (C=O) groups excluding carboxylic acids is 1. The summed E-state index contributed by atoms with van der Waals surface area (Å²) in [5, 5.41) is 18.4. The predicted octanol–water partition coefficient (Wildman–Crippen LogP) is 3.30. The SMILES string of the molecule is O=C(Nc1ncsc1-c1ccc(F)cc1)O[C@H]1CN2CCC1CC2.O=C(O)/C=C/C(=O)O. The highest BCUT2D eigenvalue weighted by Gasteiger charge is 2.36. The van der Waals surface area contributed by atoms with Crippen LogP contribution in [0.3, 0.4) is 0 Å². The number of halogens is 1. The van der Waals surface area contributed by atoms with Crippen molar-refractivity contribution in [2.75, 3.05) is 25.0 Å². The molecule has 1 atom stereocenters. The number of anilines is 1. The molecule has 0 unspecified atom stereocenters. The molecule has 4 heterocycles. The number of aliphatic carboxylic acids is 2. The Hall–Kier alpha value is -3.31. The van der Waals surface area contributed by atoms with Crippen molar-refractivity contribution in [2.24, 2.45) is 5.92 Å². The number of hydrogen-bond donors (Lipinski definition) is 3. The highest BCUT2D eigenvalue weighted by molar-refractivity contribution is 7.13. The molecule has 0 saturated carbocycles. The first-order valence-electron chi connectivity index (χ1n) is 9.85. The van der Waals surface area contributed by atoms with Gasteiger partial charge in [0.15, 0.2) is 5.82 Å². The minimum Gasteiger partial charge on any atom is -0.478 e. The first kappa shape index (κ1) is 23.4. The second-order valence-corrected chi connectivity index (χ2v) is 8.11. The van der Waals surface area contributed by atoms with E-state index < -0.39 is 18.0 Å². The lowest BCUT2D eigenvalue weighted by atomic mass is 9.86. The van der Waals surface area contributed by atoms with Crippen LogP contribution in [0.25, 0.3) is 10.4 Å². The van der Waals surface area contributed by atoms with Gasteiger partial charge in [0, 0.05) is 18.7 Å². The molecule has 0 radical (unpaired) electrons. The van der Waals surface area contributed by atoms with Gasteiger partial charge < -0.3 is 14.9 Å². The lowest BCUT2D eigenvalue weighted by molar-refractivity contribution is -0.134. The van der Waals surface area contributed by atoms with E-state index in [1.807, 2.05) is 0 Å². The Balaban J connectivity index is 0.000000312. The number of carboxylic acids is 2. The minimum absolute atomic E-state index is 0.0413. The summed E-state index contributed by atoms with van der Waals surface area (Å²) in [5.74, 6) is -1.88. The van der Waals surface area contributed by atoms with Crippen LogP contribution in [0, 0.1) is 11.7 Å². The fourth-order valence-corrected chi connectivity index (χ4v) is 4.34. The number of nitrogens with one attached hydrogen (secondary N) is 1. The number of carbonyl (C=O) groups is 3. The number of carboxylic acid groups (broad SMARTS) is 2. The molecule has 11 heteroatoms. The molecule has 3 aliphatic rings. The van der Waals surface area contributed by atoms with Crippen molar-refractivity contribution in [3.05, 3.63) is 47.7 Å². The van der Waals surface area contributed by atoms with Gasteiger partial charge >= 0.3 is 18.0 Å². The van der Waals surface area contributed by atoms with Crippen LogP contribution in [0.15, 0.2) is 41.9 Å². The predicted molar refractivity (Wildman–Crippen MR) is 115 cm³/mol. The maximum Gasteiger partial charge on any atom is 0.413 e. The summed E-state index contributed by atoms with van der Waals surface area (Å²) < 4.78 is 18.7.